The quantitative estimate of drug-likeness (QED) is 0.730. The van der Waals surface area contributed by atoms with Gasteiger partial charge >= 0.3 is 0 Å². The van der Waals surface area contributed by atoms with Gasteiger partial charge in [-0.05, 0) is 31.2 Å². The van der Waals surface area contributed by atoms with E-state index in [2.05, 4.69) is 20.5 Å². The first-order valence-electron chi connectivity index (χ1n) is 9.04. The van der Waals surface area contributed by atoms with E-state index in [4.69, 9.17) is 4.74 Å². The van der Waals surface area contributed by atoms with Gasteiger partial charge in [-0.15, -0.1) is 0 Å². The number of benzene rings is 1. The molecule has 142 valence electrons. The minimum absolute atomic E-state index is 0.0414. The summed E-state index contributed by atoms with van der Waals surface area (Å²) in [6, 6.07) is 10.4. The Hall–Kier alpha value is -2.77. The van der Waals surface area contributed by atoms with Crippen molar-refractivity contribution in [2.24, 2.45) is 0 Å². The van der Waals surface area contributed by atoms with E-state index < -0.39 is 0 Å². The van der Waals surface area contributed by atoms with Gasteiger partial charge in [0.1, 0.15) is 5.82 Å². The normalized spacial score (nSPS) is 14.6. The molecule has 0 saturated carbocycles. The van der Waals surface area contributed by atoms with Crippen molar-refractivity contribution in [3.05, 3.63) is 53.7 Å². The van der Waals surface area contributed by atoms with Crippen molar-refractivity contribution in [3.63, 3.8) is 0 Å². The Balaban J connectivity index is 1.51. The average Bonchev–Trinajstić information content (AvgIpc) is 2.69. The Labute approximate surface area is 158 Å². The van der Waals surface area contributed by atoms with Crippen LogP contribution in [0.2, 0.25) is 0 Å². The molecule has 2 aromatic rings. The summed E-state index contributed by atoms with van der Waals surface area (Å²) >= 11 is 0. The number of hydrogen-bond donors (Lipinski definition) is 2. The van der Waals surface area contributed by atoms with Crippen molar-refractivity contribution in [2.45, 2.75) is 6.92 Å². The van der Waals surface area contributed by atoms with Gasteiger partial charge in [-0.3, -0.25) is 14.5 Å². The zero-order valence-corrected chi connectivity index (χ0v) is 15.4. The van der Waals surface area contributed by atoms with Gasteiger partial charge in [-0.1, -0.05) is 12.1 Å². The molecule has 2 heterocycles. The maximum Gasteiger partial charge on any atom is 0.257 e. The van der Waals surface area contributed by atoms with Crippen LogP contribution in [0, 0.1) is 0 Å². The molecule has 0 unspecified atom stereocenters. The minimum atomic E-state index is -0.261. The fourth-order valence-corrected chi connectivity index (χ4v) is 2.82. The maximum absolute atomic E-state index is 12.4. The molecular weight excluding hydrogens is 344 g/mol. The highest BCUT2D eigenvalue weighted by molar-refractivity contribution is 6.05. The molecule has 1 aromatic carbocycles. The molecule has 0 spiro atoms. The molecule has 1 amide bonds. The van der Waals surface area contributed by atoms with Gasteiger partial charge in [0, 0.05) is 43.6 Å². The lowest BCUT2D eigenvalue weighted by Crippen LogP contribution is -2.39. The highest BCUT2D eigenvalue weighted by Gasteiger charge is 2.10. The first-order valence-corrected chi connectivity index (χ1v) is 9.04. The third kappa shape index (κ3) is 5.60. The monoisotopic (exact) mass is 368 g/mol. The first kappa shape index (κ1) is 19.0. The molecule has 0 radical (unpaired) electrons. The van der Waals surface area contributed by atoms with Gasteiger partial charge in [0.2, 0.25) is 0 Å². The largest absolute Gasteiger partial charge is 0.379 e. The zero-order valence-electron chi connectivity index (χ0n) is 15.4. The Morgan fingerprint density at radius 2 is 1.96 bits per heavy atom. The van der Waals surface area contributed by atoms with Crippen LogP contribution in [0.3, 0.4) is 0 Å². The molecule has 0 aliphatic carbocycles. The Kier molecular flexibility index (Phi) is 6.51. The zero-order chi connectivity index (χ0) is 19.1. The maximum atomic E-state index is 12.4. The number of nitrogens with one attached hydrogen (secondary N) is 2. The van der Waals surface area contributed by atoms with E-state index in [9.17, 15) is 9.59 Å². The van der Waals surface area contributed by atoms with Crippen LogP contribution in [0.5, 0.6) is 0 Å². The van der Waals surface area contributed by atoms with Gasteiger partial charge in [0.05, 0.1) is 18.8 Å². The number of ether oxygens (including phenoxy) is 1. The Bertz CT molecular complexity index is 786. The molecule has 7 nitrogen and oxygen atoms in total. The fourth-order valence-electron chi connectivity index (χ4n) is 2.82. The van der Waals surface area contributed by atoms with E-state index in [1.165, 1.54) is 6.92 Å². The summed E-state index contributed by atoms with van der Waals surface area (Å²) in [6.07, 6.45) is 1.54. The molecule has 2 N–H and O–H groups in total. The van der Waals surface area contributed by atoms with Crippen molar-refractivity contribution in [2.75, 3.05) is 50.0 Å². The van der Waals surface area contributed by atoms with Gasteiger partial charge in [0.15, 0.2) is 5.78 Å². The van der Waals surface area contributed by atoms with Crippen LogP contribution in [0.4, 0.5) is 11.5 Å². The number of carbonyl (C=O) groups is 2. The number of amides is 1. The van der Waals surface area contributed by atoms with Gasteiger partial charge in [-0.25, -0.2) is 4.98 Å². The molecule has 1 aliphatic rings. The highest BCUT2D eigenvalue weighted by atomic mass is 16.5. The van der Waals surface area contributed by atoms with E-state index in [1.807, 2.05) is 0 Å². The van der Waals surface area contributed by atoms with E-state index >= 15 is 0 Å². The predicted octanol–water partition coefficient (Wildman–Crippen LogP) is 2.28. The lowest BCUT2D eigenvalue weighted by molar-refractivity contribution is 0.0398. The van der Waals surface area contributed by atoms with Crippen molar-refractivity contribution in [1.82, 2.24) is 9.88 Å². The van der Waals surface area contributed by atoms with E-state index in [1.54, 1.807) is 42.6 Å². The number of Topliss-reactive ketones (excluding diaryl/α,β-unsaturated/α-hetero) is 1. The Morgan fingerprint density at radius 3 is 2.67 bits per heavy atom. The second kappa shape index (κ2) is 9.25. The van der Waals surface area contributed by atoms with Gasteiger partial charge in [0.25, 0.3) is 5.91 Å². The second-order valence-electron chi connectivity index (χ2n) is 6.40. The topological polar surface area (TPSA) is 83.6 Å². The van der Waals surface area contributed by atoms with Crippen LogP contribution in [0.15, 0.2) is 42.6 Å². The van der Waals surface area contributed by atoms with E-state index in [0.29, 0.717) is 16.8 Å². The number of nitrogens with zero attached hydrogens (tertiary/aromatic N) is 2. The number of morpholine rings is 1. The SMILES string of the molecule is CC(=O)c1cccc(NC(=O)c2ccc(NCCN3CCOCC3)nc2)c1. The van der Waals surface area contributed by atoms with Gasteiger partial charge in [-0.2, -0.15) is 0 Å². The molecule has 1 fully saturated rings. The van der Waals surface area contributed by atoms with Crippen LogP contribution < -0.4 is 10.6 Å². The molecule has 1 saturated heterocycles. The van der Waals surface area contributed by atoms with Crippen LogP contribution in [0.1, 0.15) is 27.6 Å². The molecule has 3 rings (SSSR count). The number of anilines is 2. The fraction of sp³-hybridized carbons (Fsp3) is 0.350. The van der Waals surface area contributed by atoms with Crippen LogP contribution in [0.25, 0.3) is 0 Å². The summed E-state index contributed by atoms with van der Waals surface area (Å²) in [6.45, 7) is 6.71. The number of ketones is 1. The molecule has 0 atom stereocenters. The van der Waals surface area contributed by atoms with Crippen molar-refractivity contribution < 1.29 is 14.3 Å². The minimum Gasteiger partial charge on any atom is -0.379 e. The van der Waals surface area contributed by atoms with E-state index in [-0.39, 0.29) is 11.7 Å². The molecular formula is C20H24N4O3. The van der Waals surface area contributed by atoms with Crippen molar-refractivity contribution in [1.29, 1.82) is 0 Å². The van der Waals surface area contributed by atoms with Crippen LogP contribution >= 0.6 is 0 Å². The second-order valence-corrected chi connectivity index (χ2v) is 6.40. The lowest BCUT2D eigenvalue weighted by atomic mass is 10.1. The van der Waals surface area contributed by atoms with Crippen molar-refractivity contribution in [3.8, 4) is 0 Å². The predicted molar refractivity (Wildman–Crippen MR) is 104 cm³/mol. The standard InChI is InChI=1S/C20H24N4O3/c1-15(25)16-3-2-4-18(13-16)23-20(26)17-5-6-19(22-14-17)21-7-8-24-9-11-27-12-10-24/h2-6,13-14H,7-12H2,1H3,(H,21,22)(H,23,26). The molecule has 7 heteroatoms. The summed E-state index contributed by atoms with van der Waals surface area (Å²) in [5.74, 6) is 0.432. The number of hydrogen-bond acceptors (Lipinski definition) is 6. The lowest BCUT2D eigenvalue weighted by Gasteiger charge is -2.26. The summed E-state index contributed by atoms with van der Waals surface area (Å²) in [5.41, 5.74) is 1.60. The third-order valence-corrected chi connectivity index (χ3v) is 4.39. The smallest absolute Gasteiger partial charge is 0.257 e. The summed E-state index contributed by atoms with van der Waals surface area (Å²) in [7, 11) is 0. The molecule has 1 aromatic heterocycles. The number of pyridine rings is 1. The summed E-state index contributed by atoms with van der Waals surface area (Å²) < 4.78 is 5.33. The summed E-state index contributed by atoms with van der Waals surface area (Å²) in [4.78, 5) is 30.4. The number of rotatable bonds is 7. The van der Waals surface area contributed by atoms with Crippen LogP contribution in [-0.2, 0) is 4.74 Å². The van der Waals surface area contributed by atoms with E-state index in [0.717, 1.165) is 45.2 Å². The number of carbonyl (C=O) groups excluding carboxylic acids is 2. The third-order valence-electron chi connectivity index (χ3n) is 4.39. The van der Waals surface area contributed by atoms with Gasteiger partial charge < -0.3 is 15.4 Å². The summed E-state index contributed by atoms with van der Waals surface area (Å²) in [5, 5.41) is 6.05. The molecule has 27 heavy (non-hydrogen) atoms. The number of aromatic nitrogens is 1. The average molecular weight is 368 g/mol. The molecule has 0 bridgehead atoms. The highest BCUT2D eigenvalue weighted by Crippen LogP contribution is 2.13. The van der Waals surface area contributed by atoms with Crippen molar-refractivity contribution >= 4 is 23.2 Å². The molecule has 1 aliphatic heterocycles. The Morgan fingerprint density at radius 1 is 1.15 bits per heavy atom. The first-order chi connectivity index (χ1) is 13.1. The van der Waals surface area contributed by atoms with Crippen LogP contribution in [-0.4, -0.2) is 61.0 Å².